The zero-order valence-corrected chi connectivity index (χ0v) is 10.1. The second-order valence-electron chi connectivity index (χ2n) is 3.44. The second-order valence-corrected chi connectivity index (χ2v) is 3.44. The van der Waals surface area contributed by atoms with E-state index in [4.69, 9.17) is 4.74 Å². The van der Waals surface area contributed by atoms with Crippen molar-refractivity contribution >= 4 is 12.2 Å². The average molecular weight is 247 g/mol. The minimum Gasteiger partial charge on any atom is -0.504 e. The average Bonchev–Trinajstić information content (AvgIpc) is 2.35. The molecule has 2 N–H and O–H groups in total. The van der Waals surface area contributed by atoms with Crippen molar-refractivity contribution in [1.82, 2.24) is 5.32 Å². The highest BCUT2D eigenvalue weighted by molar-refractivity contribution is 5.81. The van der Waals surface area contributed by atoms with Gasteiger partial charge in [0, 0.05) is 24.1 Å². The highest BCUT2D eigenvalue weighted by Crippen LogP contribution is 2.28. The van der Waals surface area contributed by atoms with Gasteiger partial charge >= 0.3 is 0 Å². The standard InChI is InChI=1S/C13H13NO4/c1-9(16)14-5-3-4-10-7-13(18-2)12(17)6-11(10)8-15/h6-8,17H,5H2,1-2H3,(H,14,16). The van der Waals surface area contributed by atoms with Crippen molar-refractivity contribution in [3.63, 3.8) is 0 Å². The fourth-order valence-corrected chi connectivity index (χ4v) is 1.26. The van der Waals surface area contributed by atoms with Crippen LogP contribution in [-0.4, -0.2) is 31.0 Å². The van der Waals surface area contributed by atoms with E-state index >= 15 is 0 Å². The molecule has 0 atom stereocenters. The molecule has 5 nitrogen and oxygen atoms in total. The van der Waals surface area contributed by atoms with Gasteiger partial charge in [-0.25, -0.2) is 0 Å². The van der Waals surface area contributed by atoms with Gasteiger partial charge in [0.2, 0.25) is 5.91 Å². The molecule has 0 aromatic heterocycles. The third kappa shape index (κ3) is 3.52. The molecule has 0 aliphatic carbocycles. The number of methoxy groups -OCH3 is 1. The third-order valence-electron chi connectivity index (χ3n) is 2.13. The quantitative estimate of drug-likeness (QED) is 0.609. The molecule has 5 heteroatoms. The summed E-state index contributed by atoms with van der Waals surface area (Å²) < 4.78 is 4.93. The van der Waals surface area contributed by atoms with Crippen LogP contribution in [0.1, 0.15) is 22.8 Å². The second kappa shape index (κ2) is 6.30. The Morgan fingerprint density at radius 2 is 2.28 bits per heavy atom. The lowest BCUT2D eigenvalue weighted by Crippen LogP contribution is -2.19. The molecule has 1 aromatic carbocycles. The van der Waals surface area contributed by atoms with E-state index < -0.39 is 0 Å². The lowest BCUT2D eigenvalue weighted by atomic mass is 10.1. The van der Waals surface area contributed by atoms with Crippen molar-refractivity contribution < 1.29 is 19.4 Å². The first kappa shape index (κ1) is 13.6. The predicted octanol–water partition coefficient (Wildman–Crippen LogP) is 0.701. The molecule has 0 aliphatic rings. The number of benzene rings is 1. The van der Waals surface area contributed by atoms with E-state index in [1.807, 2.05) is 0 Å². The third-order valence-corrected chi connectivity index (χ3v) is 2.13. The Hall–Kier alpha value is -2.48. The zero-order valence-electron chi connectivity index (χ0n) is 10.1. The van der Waals surface area contributed by atoms with Crippen molar-refractivity contribution in [2.45, 2.75) is 6.92 Å². The van der Waals surface area contributed by atoms with Crippen LogP contribution in [0.2, 0.25) is 0 Å². The van der Waals surface area contributed by atoms with Crippen LogP contribution >= 0.6 is 0 Å². The van der Waals surface area contributed by atoms with Crippen molar-refractivity contribution in [1.29, 1.82) is 0 Å². The van der Waals surface area contributed by atoms with E-state index in [9.17, 15) is 14.7 Å². The van der Waals surface area contributed by atoms with E-state index in [0.717, 1.165) is 0 Å². The van der Waals surface area contributed by atoms with Gasteiger partial charge < -0.3 is 15.2 Å². The minimum atomic E-state index is -0.178. The summed E-state index contributed by atoms with van der Waals surface area (Å²) in [6, 6.07) is 2.76. The maximum Gasteiger partial charge on any atom is 0.217 e. The van der Waals surface area contributed by atoms with E-state index in [1.54, 1.807) is 0 Å². The molecule has 0 saturated heterocycles. The Balaban J connectivity index is 2.99. The largest absolute Gasteiger partial charge is 0.504 e. The maximum absolute atomic E-state index is 10.8. The molecular formula is C13H13NO4. The normalized spacial score (nSPS) is 9.00. The fraction of sp³-hybridized carbons (Fsp3) is 0.231. The molecule has 94 valence electrons. The molecule has 1 rings (SSSR count). The summed E-state index contributed by atoms with van der Waals surface area (Å²) >= 11 is 0. The number of nitrogens with one attached hydrogen (secondary N) is 1. The van der Waals surface area contributed by atoms with Crippen LogP contribution in [0.3, 0.4) is 0 Å². The van der Waals surface area contributed by atoms with Crippen LogP contribution in [-0.2, 0) is 4.79 Å². The Bertz CT molecular complexity index is 526. The number of phenolic OH excluding ortho intramolecular Hbond substituents is 1. The molecule has 0 bridgehead atoms. The summed E-state index contributed by atoms with van der Waals surface area (Å²) in [6.07, 6.45) is 0.599. The molecule has 0 heterocycles. The number of aromatic hydroxyl groups is 1. The number of phenols is 1. The van der Waals surface area contributed by atoms with Crippen LogP contribution in [0.5, 0.6) is 11.5 Å². The first-order chi connectivity index (χ1) is 8.58. The number of carbonyl (C=O) groups is 2. The number of amides is 1. The van der Waals surface area contributed by atoms with Crippen molar-refractivity contribution in [2.24, 2.45) is 0 Å². The first-order valence-corrected chi connectivity index (χ1v) is 5.18. The lowest BCUT2D eigenvalue weighted by Gasteiger charge is -2.05. The first-order valence-electron chi connectivity index (χ1n) is 5.18. The van der Waals surface area contributed by atoms with Crippen LogP contribution < -0.4 is 10.1 Å². The van der Waals surface area contributed by atoms with Gasteiger partial charge in [0.1, 0.15) is 0 Å². The number of rotatable bonds is 3. The number of aldehydes is 1. The van der Waals surface area contributed by atoms with E-state index in [1.165, 1.54) is 26.2 Å². The molecule has 0 fully saturated rings. The van der Waals surface area contributed by atoms with E-state index in [0.29, 0.717) is 11.8 Å². The predicted molar refractivity (Wildman–Crippen MR) is 65.6 cm³/mol. The van der Waals surface area contributed by atoms with Crippen molar-refractivity contribution in [3.05, 3.63) is 23.3 Å². The molecule has 18 heavy (non-hydrogen) atoms. The number of ether oxygens (including phenoxy) is 1. The van der Waals surface area contributed by atoms with Gasteiger partial charge in [-0.2, -0.15) is 0 Å². The Kier molecular flexibility index (Phi) is 4.76. The summed E-state index contributed by atoms with van der Waals surface area (Å²) in [5.74, 6) is 5.38. The van der Waals surface area contributed by atoms with Gasteiger partial charge in [0.05, 0.1) is 13.7 Å². The van der Waals surface area contributed by atoms with E-state index in [-0.39, 0.29) is 29.5 Å². The Labute approximate surface area is 105 Å². The SMILES string of the molecule is COc1cc(C#CCNC(C)=O)c(C=O)cc1O. The Morgan fingerprint density at radius 3 is 2.83 bits per heavy atom. The highest BCUT2D eigenvalue weighted by Gasteiger charge is 2.07. The lowest BCUT2D eigenvalue weighted by molar-refractivity contribution is -0.118. The molecule has 0 spiro atoms. The van der Waals surface area contributed by atoms with E-state index in [2.05, 4.69) is 17.2 Å². The van der Waals surface area contributed by atoms with Crippen LogP contribution in [0, 0.1) is 11.8 Å². The zero-order chi connectivity index (χ0) is 13.5. The number of carbonyl (C=O) groups excluding carboxylic acids is 2. The molecule has 0 radical (unpaired) electrons. The topological polar surface area (TPSA) is 75.6 Å². The molecule has 1 amide bonds. The van der Waals surface area contributed by atoms with Gasteiger partial charge in [-0.3, -0.25) is 9.59 Å². The smallest absolute Gasteiger partial charge is 0.217 e. The summed E-state index contributed by atoms with van der Waals surface area (Å²) in [4.78, 5) is 21.5. The summed E-state index contributed by atoms with van der Waals surface area (Å²) in [5, 5.41) is 12.0. The van der Waals surface area contributed by atoms with Crippen LogP contribution in [0.25, 0.3) is 0 Å². The molecular weight excluding hydrogens is 234 g/mol. The van der Waals surface area contributed by atoms with Gasteiger partial charge in [0.25, 0.3) is 0 Å². The van der Waals surface area contributed by atoms with Crippen LogP contribution in [0.15, 0.2) is 12.1 Å². The summed E-state index contributed by atoms with van der Waals surface area (Å²) in [5.41, 5.74) is 0.702. The minimum absolute atomic E-state index is 0.119. The molecule has 1 aromatic rings. The molecule has 0 saturated carbocycles. The molecule has 0 aliphatic heterocycles. The van der Waals surface area contributed by atoms with Gasteiger partial charge in [0.15, 0.2) is 17.8 Å². The van der Waals surface area contributed by atoms with Gasteiger partial charge in [-0.1, -0.05) is 11.8 Å². The Morgan fingerprint density at radius 1 is 1.56 bits per heavy atom. The number of hydrogen-bond donors (Lipinski definition) is 2. The van der Waals surface area contributed by atoms with Gasteiger partial charge in [-0.05, 0) is 6.07 Å². The van der Waals surface area contributed by atoms with Gasteiger partial charge in [-0.15, -0.1) is 0 Å². The van der Waals surface area contributed by atoms with Crippen molar-refractivity contribution in [2.75, 3.05) is 13.7 Å². The highest BCUT2D eigenvalue weighted by atomic mass is 16.5. The number of hydrogen-bond acceptors (Lipinski definition) is 4. The fourth-order valence-electron chi connectivity index (χ4n) is 1.26. The summed E-state index contributed by atoms with van der Waals surface area (Å²) in [7, 11) is 1.41. The molecule has 0 unspecified atom stereocenters. The maximum atomic E-state index is 10.8. The summed E-state index contributed by atoms with van der Waals surface area (Å²) in [6.45, 7) is 1.58. The monoisotopic (exact) mass is 247 g/mol. The van der Waals surface area contributed by atoms with Crippen molar-refractivity contribution in [3.8, 4) is 23.3 Å². The van der Waals surface area contributed by atoms with Crippen LogP contribution in [0.4, 0.5) is 0 Å².